The monoisotopic (exact) mass is 271 g/mol. The fraction of sp³-hybridized carbons (Fsp3) is 0.467. The van der Waals surface area contributed by atoms with Gasteiger partial charge in [-0.3, -0.25) is 4.68 Å². The van der Waals surface area contributed by atoms with Crippen molar-refractivity contribution in [3.05, 3.63) is 41.7 Å². The van der Waals surface area contributed by atoms with Gasteiger partial charge in [-0.15, -0.1) is 5.10 Å². The van der Waals surface area contributed by atoms with E-state index in [-0.39, 0.29) is 0 Å². The zero-order valence-electron chi connectivity index (χ0n) is 11.9. The number of nitrogens with zero attached hydrogens (tertiary/aromatic N) is 4. The third-order valence-corrected chi connectivity index (χ3v) is 3.81. The lowest BCUT2D eigenvalue weighted by atomic mass is 10.1. The van der Waals surface area contributed by atoms with Crippen LogP contribution in [0, 0.1) is 0 Å². The summed E-state index contributed by atoms with van der Waals surface area (Å²) >= 11 is 0. The first kappa shape index (κ1) is 13.1. The molecule has 1 N–H and O–H groups in total. The normalized spacial score (nSPS) is 13.8. The van der Waals surface area contributed by atoms with Gasteiger partial charge in [-0.25, -0.2) is 0 Å². The number of hydrogen-bond donors (Lipinski definition) is 1. The van der Waals surface area contributed by atoms with Crippen molar-refractivity contribution in [3.63, 3.8) is 0 Å². The smallest absolute Gasteiger partial charge is 0.0692 e. The molecule has 2 aromatic rings. The molecule has 0 saturated carbocycles. The Morgan fingerprint density at radius 3 is 3.15 bits per heavy atom. The van der Waals surface area contributed by atoms with Gasteiger partial charge in [-0.2, -0.15) is 0 Å². The van der Waals surface area contributed by atoms with E-state index < -0.39 is 0 Å². The van der Waals surface area contributed by atoms with Crippen LogP contribution in [-0.2, 0) is 19.5 Å². The molecule has 0 bridgehead atoms. The molecule has 0 fully saturated rings. The number of rotatable bonds is 6. The molecule has 1 aromatic heterocycles. The number of benzene rings is 1. The van der Waals surface area contributed by atoms with E-state index in [4.69, 9.17) is 0 Å². The third kappa shape index (κ3) is 2.99. The van der Waals surface area contributed by atoms with Crippen LogP contribution in [0.5, 0.6) is 0 Å². The second kappa shape index (κ2) is 6.05. The maximum absolute atomic E-state index is 3.95. The standard InChI is InChI=1S/C15H21N5/c1-19-9-5-14-11-13(3-4-15(14)19)12-16-6-2-8-20-10-7-17-18-20/h3-4,7,10-11,16H,2,5-6,8-9,12H2,1H3. The van der Waals surface area contributed by atoms with E-state index in [2.05, 4.69) is 45.8 Å². The molecule has 0 unspecified atom stereocenters. The second-order valence-corrected chi connectivity index (χ2v) is 5.33. The topological polar surface area (TPSA) is 46.0 Å². The Balaban J connectivity index is 1.43. The SMILES string of the molecule is CN1CCc2cc(CNCCCn3ccnn3)ccc21. The highest BCUT2D eigenvalue weighted by Crippen LogP contribution is 2.27. The van der Waals surface area contributed by atoms with Crippen molar-refractivity contribution in [1.82, 2.24) is 20.3 Å². The van der Waals surface area contributed by atoms with Gasteiger partial charge in [0.1, 0.15) is 0 Å². The largest absolute Gasteiger partial charge is 0.374 e. The molecule has 20 heavy (non-hydrogen) atoms. The molecule has 0 amide bonds. The Morgan fingerprint density at radius 1 is 1.35 bits per heavy atom. The molecule has 5 heteroatoms. The van der Waals surface area contributed by atoms with E-state index in [1.54, 1.807) is 6.20 Å². The van der Waals surface area contributed by atoms with E-state index in [0.717, 1.165) is 32.6 Å². The van der Waals surface area contributed by atoms with Gasteiger partial charge < -0.3 is 10.2 Å². The Hall–Kier alpha value is -1.88. The first-order valence-corrected chi connectivity index (χ1v) is 7.21. The van der Waals surface area contributed by atoms with Crippen molar-refractivity contribution in [3.8, 4) is 0 Å². The summed E-state index contributed by atoms with van der Waals surface area (Å²) in [5.41, 5.74) is 4.24. The molecular formula is C15H21N5. The minimum absolute atomic E-state index is 0.919. The maximum Gasteiger partial charge on any atom is 0.0692 e. The van der Waals surface area contributed by atoms with E-state index in [1.165, 1.54) is 23.2 Å². The lowest BCUT2D eigenvalue weighted by Gasteiger charge is -2.12. The number of anilines is 1. The molecular weight excluding hydrogens is 250 g/mol. The molecule has 3 rings (SSSR count). The Morgan fingerprint density at radius 2 is 2.30 bits per heavy atom. The molecule has 1 aliphatic heterocycles. The van der Waals surface area contributed by atoms with E-state index in [0.29, 0.717) is 0 Å². The van der Waals surface area contributed by atoms with Crippen molar-refractivity contribution < 1.29 is 0 Å². The van der Waals surface area contributed by atoms with Gasteiger partial charge in [-0.05, 0) is 36.6 Å². The zero-order valence-corrected chi connectivity index (χ0v) is 11.9. The summed E-state index contributed by atoms with van der Waals surface area (Å²) in [6.07, 6.45) is 5.86. The number of fused-ring (bicyclic) bond motifs is 1. The maximum atomic E-state index is 3.95. The summed E-state index contributed by atoms with van der Waals surface area (Å²) in [6, 6.07) is 6.81. The Labute approximate surface area is 119 Å². The minimum atomic E-state index is 0.919. The van der Waals surface area contributed by atoms with E-state index in [9.17, 15) is 0 Å². The predicted octanol–water partition coefficient (Wildman–Crippen LogP) is 1.45. The van der Waals surface area contributed by atoms with Gasteiger partial charge in [0.2, 0.25) is 0 Å². The first-order chi connectivity index (χ1) is 9.83. The van der Waals surface area contributed by atoms with Gasteiger partial charge >= 0.3 is 0 Å². The predicted molar refractivity (Wildman–Crippen MR) is 79.8 cm³/mol. The Bertz CT molecular complexity index is 549. The summed E-state index contributed by atoms with van der Waals surface area (Å²) in [5.74, 6) is 0. The van der Waals surface area contributed by atoms with Crippen molar-refractivity contribution in [2.75, 3.05) is 25.0 Å². The van der Waals surface area contributed by atoms with Gasteiger partial charge in [-0.1, -0.05) is 17.3 Å². The van der Waals surface area contributed by atoms with E-state index >= 15 is 0 Å². The number of aromatic nitrogens is 3. The summed E-state index contributed by atoms with van der Waals surface area (Å²) in [5, 5.41) is 11.2. The zero-order chi connectivity index (χ0) is 13.8. The van der Waals surface area contributed by atoms with Gasteiger partial charge in [0, 0.05) is 38.6 Å². The van der Waals surface area contributed by atoms with Crippen LogP contribution in [-0.4, -0.2) is 35.1 Å². The molecule has 1 aromatic carbocycles. The molecule has 2 heterocycles. The van der Waals surface area contributed by atoms with Crippen molar-refractivity contribution in [2.45, 2.75) is 25.9 Å². The van der Waals surface area contributed by atoms with Crippen molar-refractivity contribution in [2.24, 2.45) is 0 Å². The van der Waals surface area contributed by atoms with Crippen LogP contribution in [0.15, 0.2) is 30.6 Å². The van der Waals surface area contributed by atoms with Crippen LogP contribution in [0.2, 0.25) is 0 Å². The van der Waals surface area contributed by atoms with Gasteiger partial charge in [0.05, 0.1) is 6.20 Å². The van der Waals surface area contributed by atoms with Crippen LogP contribution >= 0.6 is 0 Å². The molecule has 1 aliphatic rings. The van der Waals surface area contributed by atoms with Gasteiger partial charge in [0.25, 0.3) is 0 Å². The highest BCUT2D eigenvalue weighted by atomic mass is 15.4. The molecule has 0 atom stereocenters. The van der Waals surface area contributed by atoms with Crippen LogP contribution in [0.3, 0.4) is 0 Å². The van der Waals surface area contributed by atoms with Crippen LogP contribution in [0.1, 0.15) is 17.5 Å². The Kier molecular flexibility index (Phi) is 3.97. The number of likely N-dealkylation sites (N-methyl/N-ethyl adjacent to an activating group) is 1. The molecule has 106 valence electrons. The fourth-order valence-corrected chi connectivity index (χ4v) is 2.68. The molecule has 0 aliphatic carbocycles. The van der Waals surface area contributed by atoms with Crippen LogP contribution in [0.4, 0.5) is 5.69 Å². The van der Waals surface area contributed by atoms with Crippen molar-refractivity contribution in [1.29, 1.82) is 0 Å². The summed E-state index contributed by atoms with van der Waals surface area (Å²) in [4.78, 5) is 2.32. The summed E-state index contributed by atoms with van der Waals surface area (Å²) in [6.45, 7) is 4.00. The summed E-state index contributed by atoms with van der Waals surface area (Å²) < 4.78 is 1.87. The molecule has 0 saturated heterocycles. The molecule has 0 radical (unpaired) electrons. The van der Waals surface area contributed by atoms with E-state index in [1.807, 2.05) is 10.9 Å². The first-order valence-electron chi connectivity index (χ1n) is 7.21. The summed E-state index contributed by atoms with van der Waals surface area (Å²) in [7, 11) is 2.16. The average Bonchev–Trinajstić information content (AvgIpc) is 3.09. The van der Waals surface area contributed by atoms with Crippen LogP contribution in [0.25, 0.3) is 0 Å². The lowest BCUT2D eigenvalue weighted by molar-refractivity contribution is 0.530. The molecule has 5 nitrogen and oxygen atoms in total. The average molecular weight is 271 g/mol. The fourth-order valence-electron chi connectivity index (χ4n) is 2.68. The number of aryl methyl sites for hydroxylation is 1. The van der Waals surface area contributed by atoms with Gasteiger partial charge in [0.15, 0.2) is 0 Å². The minimum Gasteiger partial charge on any atom is -0.374 e. The van der Waals surface area contributed by atoms with Crippen LogP contribution < -0.4 is 10.2 Å². The second-order valence-electron chi connectivity index (χ2n) is 5.33. The number of nitrogens with one attached hydrogen (secondary N) is 1. The number of hydrogen-bond acceptors (Lipinski definition) is 4. The molecule has 0 spiro atoms. The highest BCUT2D eigenvalue weighted by molar-refractivity contribution is 5.58. The quantitative estimate of drug-likeness (QED) is 0.808. The van der Waals surface area contributed by atoms with Crippen molar-refractivity contribution >= 4 is 5.69 Å². The highest BCUT2D eigenvalue weighted by Gasteiger charge is 2.15. The lowest BCUT2D eigenvalue weighted by Crippen LogP contribution is -2.17. The third-order valence-electron chi connectivity index (χ3n) is 3.81.